The van der Waals surface area contributed by atoms with E-state index in [4.69, 9.17) is 0 Å². The number of fused-ring (bicyclic) bond motifs is 1. The summed E-state index contributed by atoms with van der Waals surface area (Å²) in [5, 5.41) is 27.4. The van der Waals surface area contributed by atoms with Crippen LogP contribution in [0.1, 0.15) is 25.5 Å². The Bertz CT molecular complexity index is 1730. The highest BCUT2D eigenvalue weighted by molar-refractivity contribution is 7.91. The molecule has 1 aliphatic carbocycles. The maximum Gasteiger partial charge on any atom is 0.459 e. The maximum atomic E-state index is 13.8. The molecule has 18 heteroatoms. The summed E-state index contributed by atoms with van der Waals surface area (Å²) in [6, 6.07) is 3.82. The Balaban J connectivity index is 1.68. The van der Waals surface area contributed by atoms with Crippen molar-refractivity contribution in [3.63, 3.8) is 0 Å². The van der Waals surface area contributed by atoms with Crippen molar-refractivity contribution in [3.05, 3.63) is 24.0 Å². The van der Waals surface area contributed by atoms with Crippen LogP contribution in [0.25, 0.3) is 34.1 Å². The zero-order valence-corrected chi connectivity index (χ0v) is 20.3. The van der Waals surface area contributed by atoms with Crippen molar-refractivity contribution in [1.82, 2.24) is 44.9 Å². The lowest BCUT2D eigenvalue weighted by molar-refractivity contribution is -0.291. The molecule has 4 aromatic rings. The first-order valence-electron chi connectivity index (χ1n) is 10.8. The molecule has 0 aliphatic heterocycles. The predicted octanol–water partition coefficient (Wildman–Crippen LogP) is 2.54. The number of halogens is 5. The molecule has 12 nitrogen and oxygen atoms in total. The van der Waals surface area contributed by atoms with Gasteiger partial charge in [0.15, 0.2) is 32.7 Å². The monoisotopic (exact) mass is 554 g/mol. The Hall–Kier alpha value is -4.14. The molecule has 0 N–H and O–H groups in total. The molecule has 0 spiro atoms. The van der Waals surface area contributed by atoms with Gasteiger partial charge in [-0.3, -0.25) is 4.98 Å². The third kappa shape index (κ3) is 3.76. The Morgan fingerprint density at radius 3 is 2.42 bits per heavy atom. The highest BCUT2D eigenvalue weighted by Gasteiger charge is 2.60. The number of aromatic nitrogens is 9. The molecular formula is C20H15F5N10O2S. The topological polar surface area (TPSA) is 158 Å². The molecular weight excluding hydrogens is 539 g/mol. The van der Waals surface area contributed by atoms with Gasteiger partial charge in [-0.05, 0) is 35.4 Å². The van der Waals surface area contributed by atoms with E-state index in [1.54, 1.807) is 0 Å². The number of pyridine rings is 1. The summed E-state index contributed by atoms with van der Waals surface area (Å²) >= 11 is 0. The minimum Gasteiger partial charge on any atom is -0.309 e. The Labute approximate surface area is 210 Å². The number of sulfone groups is 1. The molecule has 0 aromatic carbocycles. The van der Waals surface area contributed by atoms with Crippen LogP contribution in [0, 0.1) is 11.3 Å². The van der Waals surface area contributed by atoms with Crippen molar-refractivity contribution >= 4 is 21.0 Å². The van der Waals surface area contributed by atoms with Gasteiger partial charge in [-0.1, -0.05) is 6.92 Å². The minimum absolute atomic E-state index is 0.102. The molecule has 1 saturated carbocycles. The van der Waals surface area contributed by atoms with E-state index in [0.717, 1.165) is 0 Å². The number of tetrazole rings is 1. The largest absolute Gasteiger partial charge is 0.459 e. The zero-order chi connectivity index (χ0) is 27.7. The molecule has 198 valence electrons. The van der Waals surface area contributed by atoms with Crippen molar-refractivity contribution in [2.24, 2.45) is 7.05 Å². The summed E-state index contributed by atoms with van der Waals surface area (Å²) in [6.07, 6.45) is -3.66. The van der Waals surface area contributed by atoms with Gasteiger partial charge in [-0.15, -0.1) is 15.3 Å². The van der Waals surface area contributed by atoms with Crippen LogP contribution in [0.2, 0.25) is 0 Å². The Morgan fingerprint density at radius 1 is 1.11 bits per heavy atom. The van der Waals surface area contributed by atoms with E-state index in [-0.39, 0.29) is 44.7 Å². The van der Waals surface area contributed by atoms with E-state index in [9.17, 15) is 35.6 Å². The fourth-order valence-corrected chi connectivity index (χ4v) is 4.82. The van der Waals surface area contributed by atoms with Crippen LogP contribution < -0.4 is 0 Å². The van der Waals surface area contributed by atoms with Crippen molar-refractivity contribution < 1.29 is 30.4 Å². The average molecular weight is 554 g/mol. The van der Waals surface area contributed by atoms with Crippen LogP contribution in [-0.4, -0.2) is 65.3 Å². The normalized spacial score (nSPS) is 15.5. The first-order valence-corrected chi connectivity index (χ1v) is 12.5. The second-order valence-corrected chi connectivity index (χ2v) is 10.8. The molecule has 0 radical (unpaired) electrons. The fourth-order valence-electron chi connectivity index (χ4n) is 3.77. The van der Waals surface area contributed by atoms with Crippen molar-refractivity contribution in [3.8, 4) is 29.0 Å². The van der Waals surface area contributed by atoms with Gasteiger partial charge in [0, 0.05) is 18.8 Å². The second kappa shape index (κ2) is 8.18. The Kier molecular flexibility index (Phi) is 5.49. The maximum absolute atomic E-state index is 13.8. The quantitative estimate of drug-likeness (QED) is 0.324. The van der Waals surface area contributed by atoms with Gasteiger partial charge in [0.2, 0.25) is 0 Å². The number of hydrogen-bond acceptors (Lipinski definition) is 10. The second-order valence-electron chi connectivity index (χ2n) is 8.54. The summed E-state index contributed by atoms with van der Waals surface area (Å²) in [5.41, 5.74) is -3.20. The third-order valence-electron chi connectivity index (χ3n) is 6.14. The molecule has 0 atom stereocenters. The number of imidazole rings is 1. The average Bonchev–Trinajstić information content (AvgIpc) is 3.38. The van der Waals surface area contributed by atoms with Crippen LogP contribution in [0.3, 0.4) is 0 Å². The van der Waals surface area contributed by atoms with Crippen LogP contribution >= 0.6 is 0 Å². The first kappa shape index (κ1) is 25.5. The molecule has 4 aromatic heterocycles. The van der Waals surface area contributed by atoms with Crippen LogP contribution in [-0.2, 0) is 28.3 Å². The standard InChI is InChI=1S/C20H15F5N10O2S/c1-3-38(36,37)12-6-10(15-31-32-33-35(15)18(9-26)4-5-18)8-27-14(12)17-28-11-7-13(19(21,22)20(23,24)25)29-30-16(11)34(17)2/h6-8H,3-5H2,1-2H3. The van der Waals surface area contributed by atoms with Gasteiger partial charge in [0.05, 0.1) is 16.7 Å². The number of hydrogen-bond donors (Lipinski definition) is 0. The molecule has 1 aliphatic rings. The summed E-state index contributed by atoms with van der Waals surface area (Å²) in [7, 11) is -2.65. The van der Waals surface area contributed by atoms with Gasteiger partial charge < -0.3 is 4.57 Å². The smallest absolute Gasteiger partial charge is 0.309 e. The number of rotatable bonds is 6. The number of alkyl halides is 5. The summed E-state index contributed by atoms with van der Waals surface area (Å²) in [6.45, 7) is 1.39. The highest BCUT2D eigenvalue weighted by Crippen LogP contribution is 2.45. The lowest BCUT2D eigenvalue weighted by Crippen LogP contribution is -2.34. The zero-order valence-electron chi connectivity index (χ0n) is 19.4. The Morgan fingerprint density at radius 2 is 1.82 bits per heavy atom. The van der Waals surface area contributed by atoms with Crippen LogP contribution in [0.4, 0.5) is 22.0 Å². The number of aryl methyl sites for hydroxylation is 1. The van der Waals surface area contributed by atoms with Crippen molar-refractivity contribution in [2.45, 2.75) is 42.3 Å². The van der Waals surface area contributed by atoms with E-state index >= 15 is 0 Å². The molecule has 0 saturated heterocycles. The lowest BCUT2D eigenvalue weighted by atomic mass is 10.2. The van der Waals surface area contributed by atoms with E-state index in [2.05, 4.69) is 41.8 Å². The van der Waals surface area contributed by atoms with Gasteiger partial charge in [0.1, 0.15) is 16.9 Å². The predicted molar refractivity (Wildman–Crippen MR) is 117 cm³/mol. The van der Waals surface area contributed by atoms with Crippen molar-refractivity contribution in [1.29, 1.82) is 5.26 Å². The summed E-state index contributed by atoms with van der Waals surface area (Å²) in [4.78, 5) is 7.97. The lowest BCUT2D eigenvalue weighted by Gasteiger charge is -2.17. The number of nitriles is 1. The van der Waals surface area contributed by atoms with Crippen LogP contribution in [0.5, 0.6) is 0 Å². The van der Waals surface area contributed by atoms with Gasteiger partial charge >= 0.3 is 12.1 Å². The molecule has 5 rings (SSSR count). The van der Waals surface area contributed by atoms with Gasteiger partial charge in [0.25, 0.3) is 0 Å². The van der Waals surface area contributed by atoms with Gasteiger partial charge in [-0.2, -0.15) is 27.2 Å². The summed E-state index contributed by atoms with van der Waals surface area (Å²) < 4.78 is 94.7. The highest BCUT2D eigenvalue weighted by atomic mass is 32.2. The van der Waals surface area contributed by atoms with Crippen molar-refractivity contribution in [2.75, 3.05) is 5.75 Å². The molecule has 4 heterocycles. The van der Waals surface area contributed by atoms with E-state index in [0.29, 0.717) is 18.9 Å². The molecule has 0 unspecified atom stereocenters. The molecule has 0 amide bonds. The molecule has 1 fully saturated rings. The fraction of sp³-hybridized carbons (Fsp3) is 0.400. The SMILES string of the molecule is CCS(=O)(=O)c1cc(-c2nnnn2C2(C#N)CC2)cnc1-c1nc2cc(C(F)(F)C(F)(F)F)nnc2n1C. The van der Waals surface area contributed by atoms with E-state index in [1.807, 2.05) is 0 Å². The van der Waals surface area contributed by atoms with E-state index < -0.39 is 33.2 Å². The summed E-state index contributed by atoms with van der Waals surface area (Å²) in [5.74, 6) is -5.71. The molecule has 38 heavy (non-hydrogen) atoms. The van der Waals surface area contributed by atoms with E-state index in [1.165, 1.54) is 35.5 Å². The number of nitrogens with zero attached hydrogens (tertiary/aromatic N) is 10. The van der Waals surface area contributed by atoms with Gasteiger partial charge in [-0.25, -0.2) is 18.1 Å². The molecule has 0 bridgehead atoms. The first-order chi connectivity index (χ1) is 17.8. The van der Waals surface area contributed by atoms with Crippen LogP contribution in [0.15, 0.2) is 23.2 Å². The third-order valence-corrected chi connectivity index (χ3v) is 7.88. The minimum atomic E-state index is -5.91.